The van der Waals surface area contributed by atoms with Gasteiger partial charge in [0.2, 0.25) is 8.32 Å². The number of carbonyl (C=O) groups excluding carboxylic acids is 1. The zero-order valence-electron chi connectivity index (χ0n) is 6.68. The van der Waals surface area contributed by atoms with Gasteiger partial charge in [0, 0.05) is 0 Å². The van der Waals surface area contributed by atoms with Gasteiger partial charge >= 0.3 is 0 Å². The predicted octanol–water partition coefficient (Wildman–Crippen LogP) is 0.747. The van der Waals surface area contributed by atoms with E-state index in [4.69, 9.17) is 9.53 Å². The van der Waals surface area contributed by atoms with Crippen LogP contribution in [0.5, 0.6) is 0 Å². The molecule has 0 unspecified atom stereocenters. The first kappa shape index (κ1) is 9.65. The van der Waals surface area contributed by atoms with Gasteiger partial charge in [-0.3, -0.25) is 4.79 Å². The van der Waals surface area contributed by atoms with Crippen LogP contribution >= 0.6 is 0 Å². The Hall–Kier alpha value is -0.353. The lowest BCUT2D eigenvalue weighted by Gasteiger charge is -2.16. The minimum Gasteiger partial charge on any atom is -0.520 e. The zero-order valence-corrected chi connectivity index (χ0v) is 7.68. The lowest BCUT2D eigenvalue weighted by atomic mass is 10.5. The van der Waals surface area contributed by atoms with Gasteiger partial charge in [0.15, 0.2) is 0 Å². The highest BCUT2D eigenvalue weighted by Gasteiger charge is 2.18. The van der Waals surface area contributed by atoms with Crippen molar-refractivity contribution in [3.8, 4) is 0 Å². The van der Waals surface area contributed by atoms with Crippen molar-refractivity contribution in [1.82, 2.24) is 0 Å². The summed E-state index contributed by atoms with van der Waals surface area (Å²) in [4.78, 5) is 10.7. The van der Waals surface area contributed by atoms with Gasteiger partial charge in [0.25, 0.3) is 5.97 Å². The van der Waals surface area contributed by atoms with E-state index in [2.05, 4.69) is 0 Å². The van der Waals surface area contributed by atoms with Gasteiger partial charge in [0.05, 0.1) is 13.0 Å². The molecule has 4 heteroatoms. The number of rotatable bonds is 3. The van der Waals surface area contributed by atoms with Crippen LogP contribution in [0, 0.1) is 0 Å². The van der Waals surface area contributed by atoms with Gasteiger partial charge in [-0.15, -0.1) is 0 Å². The van der Waals surface area contributed by atoms with E-state index in [1.54, 1.807) is 0 Å². The van der Waals surface area contributed by atoms with Gasteiger partial charge in [-0.2, -0.15) is 0 Å². The van der Waals surface area contributed by atoms with E-state index in [-0.39, 0.29) is 19.0 Å². The molecule has 0 spiro atoms. The smallest absolute Gasteiger partial charge is 0.294 e. The molecule has 0 saturated carbocycles. The topological polar surface area (TPSA) is 46.5 Å². The lowest BCUT2D eigenvalue weighted by molar-refractivity contribution is -0.135. The summed E-state index contributed by atoms with van der Waals surface area (Å²) in [6, 6.07) is 0. The molecular formula is C6H14O3Si. The van der Waals surface area contributed by atoms with Gasteiger partial charge in [-0.25, -0.2) is 0 Å². The summed E-state index contributed by atoms with van der Waals surface area (Å²) in [6.07, 6.45) is 0.115. The third-order valence-corrected chi connectivity index (χ3v) is 1.58. The number of carbonyl (C=O) groups is 1. The van der Waals surface area contributed by atoms with Crippen LogP contribution in [0.3, 0.4) is 0 Å². The van der Waals surface area contributed by atoms with Crippen molar-refractivity contribution in [2.75, 3.05) is 6.61 Å². The van der Waals surface area contributed by atoms with Crippen molar-refractivity contribution in [3.63, 3.8) is 0 Å². The zero-order chi connectivity index (χ0) is 8.20. The SMILES string of the molecule is C[Si](C)(C)OC(=O)CCO. The van der Waals surface area contributed by atoms with Crippen LogP contribution in [0.25, 0.3) is 0 Å². The molecule has 0 aliphatic heterocycles. The molecule has 0 heterocycles. The van der Waals surface area contributed by atoms with E-state index in [1.807, 2.05) is 19.6 Å². The van der Waals surface area contributed by atoms with Crippen molar-refractivity contribution in [1.29, 1.82) is 0 Å². The van der Waals surface area contributed by atoms with Crippen LogP contribution in [-0.2, 0) is 9.22 Å². The Balaban J connectivity index is 3.58. The quantitative estimate of drug-likeness (QED) is 0.623. The third-order valence-electron chi connectivity index (χ3n) is 0.736. The third kappa shape index (κ3) is 5.78. The molecule has 0 atom stereocenters. The molecule has 0 saturated heterocycles. The molecule has 3 nitrogen and oxygen atoms in total. The number of hydrogen-bond donors (Lipinski definition) is 1. The maximum Gasteiger partial charge on any atom is 0.294 e. The first-order valence-corrected chi connectivity index (χ1v) is 6.69. The summed E-state index contributed by atoms with van der Waals surface area (Å²) in [5.41, 5.74) is 0. The highest BCUT2D eigenvalue weighted by atomic mass is 28.4. The second-order valence-corrected chi connectivity index (χ2v) is 7.49. The Labute approximate surface area is 62.1 Å². The lowest BCUT2D eigenvalue weighted by Crippen LogP contribution is -2.29. The van der Waals surface area contributed by atoms with E-state index in [1.165, 1.54) is 0 Å². The highest BCUT2D eigenvalue weighted by Crippen LogP contribution is 2.03. The summed E-state index contributed by atoms with van der Waals surface area (Å²) >= 11 is 0. The van der Waals surface area contributed by atoms with Crippen LogP contribution in [0.4, 0.5) is 0 Å². The van der Waals surface area contributed by atoms with E-state index in [0.29, 0.717) is 0 Å². The standard InChI is InChI=1S/C6H14O3Si/c1-10(2,3)9-6(8)4-5-7/h7H,4-5H2,1-3H3. The predicted molar refractivity (Wildman–Crippen MR) is 41.1 cm³/mol. The second-order valence-electron chi connectivity index (χ2n) is 3.06. The fourth-order valence-corrected chi connectivity index (χ4v) is 1.27. The average Bonchev–Trinajstić information content (AvgIpc) is 1.59. The molecular weight excluding hydrogens is 148 g/mol. The Bertz CT molecular complexity index is 117. The molecule has 0 aromatic heterocycles. The van der Waals surface area contributed by atoms with Crippen LogP contribution < -0.4 is 0 Å². The molecule has 0 radical (unpaired) electrons. The maximum absolute atomic E-state index is 10.7. The van der Waals surface area contributed by atoms with Gasteiger partial charge in [-0.05, 0) is 19.6 Å². The van der Waals surface area contributed by atoms with Crippen molar-refractivity contribution < 1.29 is 14.3 Å². The minimum absolute atomic E-state index is 0.115. The van der Waals surface area contributed by atoms with E-state index >= 15 is 0 Å². The largest absolute Gasteiger partial charge is 0.520 e. The minimum atomic E-state index is -1.72. The number of aliphatic hydroxyl groups excluding tert-OH is 1. The molecule has 0 aromatic carbocycles. The van der Waals surface area contributed by atoms with Gasteiger partial charge in [0.1, 0.15) is 0 Å². The van der Waals surface area contributed by atoms with Gasteiger partial charge < -0.3 is 9.53 Å². The van der Waals surface area contributed by atoms with E-state index in [0.717, 1.165) is 0 Å². The number of aliphatic hydroxyl groups is 1. The van der Waals surface area contributed by atoms with Crippen molar-refractivity contribution >= 4 is 14.3 Å². The average molecular weight is 162 g/mol. The molecule has 0 aromatic rings. The maximum atomic E-state index is 10.7. The fourth-order valence-electron chi connectivity index (χ4n) is 0.484. The molecule has 0 aliphatic carbocycles. The Morgan fingerprint density at radius 2 is 2.00 bits per heavy atom. The van der Waals surface area contributed by atoms with Crippen molar-refractivity contribution in [2.45, 2.75) is 26.1 Å². The van der Waals surface area contributed by atoms with Crippen LogP contribution in [0.2, 0.25) is 19.6 Å². The molecule has 10 heavy (non-hydrogen) atoms. The van der Waals surface area contributed by atoms with Crippen LogP contribution in [0.1, 0.15) is 6.42 Å². The molecule has 60 valence electrons. The first-order chi connectivity index (χ1) is 4.45. The van der Waals surface area contributed by atoms with Crippen molar-refractivity contribution in [2.24, 2.45) is 0 Å². The molecule has 0 aliphatic rings. The molecule has 1 N–H and O–H groups in total. The summed E-state index contributed by atoms with van der Waals surface area (Å²) in [5, 5.41) is 8.35. The normalized spacial score (nSPS) is 11.2. The highest BCUT2D eigenvalue weighted by molar-refractivity contribution is 6.71. The first-order valence-electron chi connectivity index (χ1n) is 3.28. The molecule has 0 bridgehead atoms. The van der Waals surface area contributed by atoms with E-state index < -0.39 is 8.32 Å². The molecule has 0 rings (SSSR count). The van der Waals surface area contributed by atoms with E-state index in [9.17, 15) is 4.79 Å². The summed E-state index contributed by atoms with van der Waals surface area (Å²) in [6.45, 7) is 5.68. The fraction of sp³-hybridized carbons (Fsp3) is 0.833. The van der Waals surface area contributed by atoms with Crippen molar-refractivity contribution in [3.05, 3.63) is 0 Å². The Morgan fingerprint density at radius 1 is 1.50 bits per heavy atom. The second kappa shape index (κ2) is 3.73. The van der Waals surface area contributed by atoms with Crippen LogP contribution in [-0.4, -0.2) is 26.0 Å². The Kier molecular flexibility index (Phi) is 3.60. The summed E-state index contributed by atoms with van der Waals surface area (Å²) < 4.78 is 5.02. The summed E-state index contributed by atoms with van der Waals surface area (Å²) in [5.74, 6) is -0.290. The van der Waals surface area contributed by atoms with Crippen LogP contribution in [0.15, 0.2) is 0 Å². The molecule has 0 fully saturated rings. The van der Waals surface area contributed by atoms with Gasteiger partial charge in [-0.1, -0.05) is 0 Å². The monoisotopic (exact) mass is 162 g/mol. The number of hydrogen-bond acceptors (Lipinski definition) is 3. The summed E-state index contributed by atoms with van der Waals surface area (Å²) in [7, 11) is -1.72. The Morgan fingerprint density at radius 3 is 2.30 bits per heavy atom. The molecule has 0 amide bonds.